The summed E-state index contributed by atoms with van der Waals surface area (Å²) in [6, 6.07) is 12.4. The molecule has 1 aliphatic carbocycles. The summed E-state index contributed by atoms with van der Waals surface area (Å²) in [5.41, 5.74) is 0.0550. The zero-order chi connectivity index (χ0) is 28.2. The molecular weight excluding hydrogens is 667 g/mol. The van der Waals surface area contributed by atoms with Crippen LogP contribution in [0.3, 0.4) is 0 Å². The van der Waals surface area contributed by atoms with Crippen molar-refractivity contribution < 1.29 is 36.1 Å². The van der Waals surface area contributed by atoms with E-state index in [1.807, 2.05) is 22.6 Å². The zero-order valence-corrected chi connectivity index (χ0v) is 24.4. The van der Waals surface area contributed by atoms with Gasteiger partial charge < -0.3 is 15.2 Å². The van der Waals surface area contributed by atoms with Gasteiger partial charge in [-0.25, -0.2) is 21.5 Å². The molecule has 5 N–H and O–H groups in total. The minimum absolute atomic E-state index is 0.00418. The summed E-state index contributed by atoms with van der Waals surface area (Å²) < 4.78 is 85.5. The van der Waals surface area contributed by atoms with Gasteiger partial charge in [-0.05, 0) is 78.8 Å². The summed E-state index contributed by atoms with van der Waals surface area (Å²) in [5.74, 6) is -1.64. The number of ether oxygens (including phenoxy) is 1. The normalized spacial score (nSPS) is 20.1. The fourth-order valence-electron chi connectivity index (χ4n) is 4.51. The Balaban J connectivity index is 1.62. The highest BCUT2D eigenvalue weighted by Crippen LogP contribution is 2.76. The predicted octanol–water partition coefficient (Wildman–Crippen LogP) is 6.59. The van der Waals surface area contributed by atoms with Crippen molar-refractivity contribution in [1.29, 1.82) is 0 Å². The van der Waals surface area contributed by atoms with Gasteiger partial charge in [0.1, 0.15) is 29.3 Å². The van der Waals surface area contributed by atoms with Crippen LogP contribution < -0.4 is 19.1 Å². The van der Waals surface area contributed by atoms with E-state index in [1.54, 1.807) is 6.07 Å². The number of halogens is 3. The number of nitrogens with one attached hydrogen (secondary N) is 2. The zero-order valence-electron chi connectivity index (χ0n) is 20.6. The van der Waals surface area contributed by atoms with Crippen LogP contribution >= 0.6 is 33.4 Å². The van der Waals surface area contributed by atoms with E-state index in [4.69, 9.17) is 4.74 Å². The lowest BCUT2D eigenvalue weighted by Gasteiger charge is -2.44. The minimum Gasteiger partial charge on any atom is -0.455 e. The Morgan fingerprint density at radius 1 is 1.13 bits per heavy atom. The van der Waals surface area contributed by atoms with Crippen LogP contribution in [0.5, 0.6) is 11.5 Å². The maximum atomic E-state index is 15.0. The van der Waals surface area contributed by atoms with E-state index in [0.717, 1.165) is 16.4 Å². The third-order valence-electron chi connectivity index (χ3n) is 6.66. The van der Waals surface area contributed by atoms with Crippen molar-refractivity contribution >= 4 is 66.1 Å². The van der Waals surface area contributed by atoms with Crippen LogP contribution in [-0.4, -0.2) is 39.4 Å². The van der Waals surface area contributed by atoms with Gasteiger partial charge in [-0.2, -0.15) is 0 Å². The Hall–Kier alpha value is -2.37. The highest BCUT2D eigenvalue weighted by atomic mass is 127. The lowest BCUT2D eigenvalue weighted by molar-refractivity contribution is 0.184. The van der Waals surface area contributed by atoms with Crippen LogP contribution in [0, 0.1) is 15.2 Å². The minimum atomic E-state index is -3.60. The van der Waals surface area contributed by atoms with Gasteiger partial charge in [-0.3, -0.25) is 13.8 Å². The molecule has 0 amide bonds. The van der Waals surface area contributed by atoms with Crippen molar-refractivity contribution in [1.82, 2.24) is 0 Å². The first kappa shape index (κ1) is 28.2. The first-order valence-electron chi connectivity index (χ1n) is 11.9. The lowest BCUT2D eigenvalue weighted by atomic mass is 10.2. The molecule has 1 saturated heterocycles. The summed E-state index contributed by atoms with van der Waals surface area (Å²) in [6.07, 6.45) is -0.268. The maximum absolute atomic E-state index is 15.0. The van der Waals surface area contributed by atoms with Crippen molar-refractivity contribution in [2.75, 3.05) is 20.1 Å². The molecule has 5 rings (SSSR count). The van der Waals surface area contributed by atoms with Gasteiger partial charge in [-0.15, -0.1) is 10.8 Å². The van der Waals surface area contributed by atoms with Gasteiger partial charge in [0.15, 0.2) is 5.75 Å². The molecule has 2 aliphatic rings. The van der Waals surface area contributed by atoms with Gasteiger partial charge in [0, 0.05) is 22.1 Å². The molecule has 1 heterocycles. The third-order valence-corrected chi connectivity index (χ3v) is 11.4. The first-order valence-corrected chi connectivity index (χ1v) is 16.2. The summed E-state index contributed by atoms with van der Waals surface area (Å²) in [7, 11) is -7.18. The summed E-state index contributed by atoms with van der Waals surface area (Å²) in [5, 5.41) is 13.8. The van der Waals surface area contributed by atoms with E-state index in [-0.39, 0.29) is 46.4 Å². The molecule has 14 heteroatoms. The number of nitrogens with zero attached hydrogens (tertiary/aromatic N) is 1. The summed E-state index contributed by atoms with van der Waals surface area (Å²) in [4.78, 5) is 0. The second-order valence-corrected chi connectivity index (χ2v) is 15.0. The molecule has 9 nitrogen and oxygen atoms in total. The van der Waals surface area contributed by atoms with E-state index < -0.39 is 43.4 Å². The molecule has 0 aromatic heterocycles. The lowest BCUT2D eigenvalue weighted by Crippen LogP contribution is -2.32. The molecule has 39 heavy (non-hydrogen) atoms. The number of hydrogen-bond donors (Lipinski definition) is 5. The number of rotatable bonds is 8. The highest BCUT2D eigenvalue weighted by molar-refractivity contribution is 14.1. The molecule has 0 bridgehead atoms. The highest BCUT2D eigenvalue weighted by Gasteiger charge is 2.64. The SMILES string of the molecule is CCS(=O)(=O)Nc1cccc(Oc2cc(F)cc(Nc3ccc(I)cc3F)c2N2C(O)CC3(CC3)S2(O)O)c1. The smallest absolute Gasteiger partial charge is 0.232 e. The number of hydrogen-bond acceptors (Lipinski definition) is 8. The standard InChI is InChI=1S/C25H26F2IN3O6S2/c1-2-38(33,34)30-17-4-3-5-18(13-17)37-22-11-15(26)10-21(29-20-7-6-16(28)12-19(20)27)24(22)31-23(32)14-25(8-9-25)39(31,35)36/h3-7,10-13,23,29-30,32,35-36H,2,8-9,14H2,1H3. The second kappa shape index (κ2) is 10.2. The molecule has 1 atom stereocenters. The fraction of sp³-hybridized carbons (Fsp3) is 0.280. The quantitative estimate of drug-likeness (QED) is 0.167. The Morgan fingerprint density at radius 2 is 1.87 bits per heavy atom. The van der Waals surface area contributed by atoms with Crippen molar-refractivity contribution in [3.8, 4) is 11.5 Å². The largest absolute Gasteiger partial charge is 0.455 e. The van der Waals surface area contributed by atoms with Crippen LogP contribution in [0.15, 0.2) is 54.6 Å². The van der Waals surface area contributed by atoms with Gasteiger partial charge in [0.2, 0.25) is 10.0 Å². The van der Waals surface area contributed by atoms with E-state index in [9.17, 15) is 31.4 Å². The Morgan fingerprint density at radius 3 is 2.51 bits per heavy atom. The number of anilines is 4. The van der Waals surface area contributed by atoms with Crippen LogP contribution in [-0.2, 0) is 10.0 Å². The number of benzene rings is 3. The summed E-state index contributed by atoms with van der Waals surface area (Å²) >= 11 is 1.95. The second-order valence-electron chi connectivity index (χ2n) is 9.40. The maximum Gasteiger partial charge on any atom is 0.232 e. The van der Waals surface area contributed by atoms with E-state index >= 15 is 0 Å². The van der Waals surface area contributed by atoms with Crippen molar-refractivity contribution in [3.05, 3.63) is 69.8 Å². The molecule has 210 valence electrons. The summed E-state index contributed by atoms with van der Waals surface area (Å²) in [6.45, 7) is 1.49. The van der Waals surface area contributed by atoms with Crippen LogP contribution in [0.1, 0.15) is 26.2 Å². The van der Waals surface area contributed by atoms with E-state index in [1.165, 1.54) is 43.3 Å². The van der Waals surface area contributed by atoms with Crippen LogP contribution in [0.4, 0.5) is 31.5 Å². The molecule has 3 aromatic carbocycles. The Bertz CT molecular complexity index is 1540. The van der Waals surface area contributed by atoms with Crippen LogP contribution in [0.2, 0.25) is 0 Å². The first-order chi connectivity index (χ1) is 18.3. The van der Waals surface area contributed by atoms with Gasteiger partial charge in [0.05, 0.1) is 27.6 Å². The molecule has 0 radical (unpaired) electrons. The number of aliphatic hydroxyl groups is 1. The molecular formula is C25H26F2IN3O6S2. The molecule has 3 aromatic rings. The fourth-order valence-corrected chi connectivity index (χ4v) is 7.89. The van der Waals surface area contributed by atoms with Crippen molar-refractivity contribution in [2.24, 2.45) is 0 Å². The monoisotopic (exact) mass is 693 g/mol. The predicted molar refractivity (Wildman–Crippen MR) is 156 cm³/mol. The molecule has 1 unspecified atom stereocenters. The number of aliphatic hydroxyl groups excluding tert-OH is 1. The van der Waals surface area contributed by atoms with Gasteiger partial charge >= 0.3 is 0 Å². The topological polar surface area (TPSA) is 131 Å². The molecule has 1 spiro atoms. The third kappa shape index (κ3) is 5.50. The Labute approximate surface area is 239 Å². The van der Waals surface area contributed by atoms with Gasteiger partial charge in [-0.1, -0.05) is 6.07 Å². The Kier molecular flexibility index (Phi) is 7.39. The van der Waals surface area contributed by atoms with E-state index in [2.05, 4.69) is 10.0 Å². The van der Waals surface area contributed by atoms with Crippen LogP contribution in [0.25, 0.3) is 0 Å². The number of sulfonamides is 1. The van der Waals surface area contributed by atoms with Crippen molar-refractivity contribution in [2.45, 2.75) is 37.2 Å². The molecule has 1 aliphatic heterocycles. The molecule has 1 saturated carbocycles. The molecule has 2 fully saturated rings. The van der Waals surface area contributed by atoms with E-state index in [0.29, 0.717) is 16.4 Å². The average Bonchev–Trinajstić information content (AvgIpc) is 3.60. The average molecular weight is 694 g/mol. The van der Waals surface area contributed by atoms with Crippen molar-refractivity contribution in [3.63, 3.8) is 0 Å². The van der Waals surface area contributed by atoms with Gasteiger partial charge in [0.25, 0.3) is 0 Å².